The first-order valence-electron chi connectivity index (χ1n) is 6.35. The van der Waals surface area contributed by atoms with E-state index in [1.807, 2.05) is 32.0 Å². The second-order valence-electron chi connectivity index (χ2n) is 4.74. The molecule has 1 heterocycles. The van der Waals surface area contributed by atoms with Gasteiger partial charge in [0.25, 0.3) is 0 Å². The van der Waals surface area contributed by atoms with E-state index >= 15 is 0 Å². The van der Waals surface area contributed by atoms with Crippen molar-refractivity contribution in [2.45, 2.75) is 25.5 Å². The van der Waals surface area contributed by atoms with Crippen LogP contribution in [-0.4, -0.2) is 30.0 Å². The lowest BCUT2D eigenvalue weighted by atomic mass is 10.1. The SMILES string of the molecule is Cc1cccc(C)c1NC(=O)CSC1CCNC1. The van der Waals surface area contributed by atoms with Crippen LogP contribution in [0.4, 0.5) is 5.69 Å². The van der Waals surface area contributed by atoms with Gasteiger partial charge in [0.15, 0.2) is 0 Å². The molecule has 0 bridgehead atoms. The van der Waals surface area contributed by atoms with Gasteiger partial charge in [-0.05, 0) is 37.9 Å². The third kappa shape index (κ3) is 3.50. The molecule has 2 rings (SSSR count). The maximum Gasteiger partial charge on any atom is 0.234 e. The number of anilines is 1. The van der Waals surface area contributed by atoms with Gasteiger partial charge in [-0.3, -0.25) is 4.79 Å². The smallest absolute Gasteiger partial charge is 0.234 e. The summed E-state index contributed by atoms with van der Waals surface area (Å²) in [5.41, 5.74) is 3.21. The molecule has 0 aliphatic carbocycles. The summed E-state index contributed by atoms with van der Waals surface area (Å²) in [5.74, 6) is 0.643. The summed E-state index contributed by atoms with van der Waals surface area (Å²) in [6.07, 6.45) is 1.17. The van der Waals surface area contributed by atoms with Crippen LogP contribution in [0, 0.1) is 13.8 Å². The minimum atomic E-state index is 0.101. The number of aryl methyl sites for hydroxylation is 2. The fourth-order valence-corrected chi connectivity index (χ4v) is 3.13. The highest BCUT2D eigenvalue weighted by Gasteiger charge is 2.16. The third-order valence-electron chi connectivity index (χ3n) is 3.21. The van der Waals surface area contributed by atoms with Crippen molar-refractivity contribution in [3.8, 4) is 0 Å². The third-order valence-corrected chi connectivity index (χ3v) is 4.51. The molecular weight excluding hydrogens is 244 g/mol. The number of carbonyl (C=O) groups excluding carboxylic acids is 1. The maximum absolute atomic E-state index is 11.9. The van der Waals surface area contributed by atoms with Crippen molar-refractivity contribution in [1.29, 1.82) is 0 Å². The Bertz CT molecular complexity index is 408. The molecule has 2 N–H and O–H groups in total. The first-order valence-corrected chi connectivity index (χ1v) is 7.40. The maximum atomic E-state index is 11.9. The molecule has 4 heteroatoms. The molecule has 0 spiro atoms. The predicted molar refractivity (Wildman–Crippen MR) is 78.3 cm³/mol. The van der Waals surface area contributed by atoms with Crippen LogP contribution in [0.15, 0.2) is 18.2 Å². The van der Waals surface area contributed by atoms with Gasteiger partial charge in [-0.1, -0.05) is 18.2 Å². The molecule has 1 aliphatic heterocycles. The monoisotopic (exact) mass is 264 g/mol. The lowest BCUT2D eigenvalue weighted by Gasteiger charge is -2.12. The zero-order valence-corrected chi connectivity index (χ0v) is 11.8. The number of rotatable bonds is 4. The van der Waals surface area contributed by atoms with Crippen molar-refractivity contribution in [3.05, 3.63) is 29.3 Å². The summed E-state index contributed by atoms with van der Waals surface area (Å²) in [6.45, 7) is 6.16. The highest BCUT2D eigenvalue weighted by molar-refractivity contribution is 8.00. The molecular formula is C14H20N2OS. The Morgan fingerprint density at radius 3 is 2.78 bits per heavy atom. The van der Waals surface area contributed by atoms with Gasteiger partial charge in [0.1, 0.15) is 0 Å². The quantitative estimate of drug-likeness (QED) is 0.877. The van der Waals surface area contributed by atoms with Crippen molar-refractivity contribution >= 4 is 23.4 Å². The molecule has 0 aromatic heterocycles. The van der Waals surface area contributed by atoms with Crippen LogP contribution in [0.5, 0.6) is 0 Å². The second-order valence-corrected chi connectivity index (χ2v) is 6.03. The van der Waals surface area contributed by atoms with Gasteiger partial charge in [-0.2, -0.15) is 0 Å². The number of nitrogens with one attached hydrogen (secondary N) is 2. The van der Waals surface area contributed by atoms with Crippen LogP contribution >= 0.6 is 11.8 Å². The predicted octanol–water partition coefficient (Wildman–Crippen LogP) is 2.34. The Morgan fingerprint density at radius 2 is 2.17 bits per heavy atom. The number of amides is 1. The van der Waals surface area contributed by atoms with Crippen molar-refractivity contribution in [3.63, 3.8) is 0 Å². The average Bonchev–Trinajstić information content (AvgIpc) is 2.84. The van der Waals surface area contributed by atoms with E-state index < -0.39 is 0 Å². The summed E-state index contributed by atoms with van der Waals surface area (Å²) in [5, 5.41) is 6.93. The van der Waals surface area contributed by atoms with Crippen molar-refractivity contribution in [1.82, 2.24) is 5.32 Å². The van der Waals surface area contributed by atoms with E-state index in [0.717, 1.165) is 29.9 Å². The number of para-hydroxylation sites is 1. The standard InChI is InChI=1S/C14H20N2OS/c1-10-4-3-5-11(2)14(10)16-13(17)9-18-12-6-7-15-8-12/h3-5,12,15H,6-9H2,1-2H3,(H,16,17). The minimum Gasteiger partial charge on any atom is -0.325 e. The number of hydrogen-bond acceptors (Lipinski definition) is 3. The van der Waals surface area contributed by atoms with Crippen LogP contribution in [0.2, 0.25) is 0 Å². The summed E-state index contributed by atoms with van der Waals surface area (Å²) in [7, 11) is 0. The van der Waals surface area contributed by atoms with Crippen molar-refractivity contribution in [2.75, 3.05) is 24.2 Å². The Balaban J connectivity index is 1.86. The van der Waals surface area contributed by atoms with Gasteiger partial charge in [-0.15, -0.1) is 11.8 Å². The average molecular weight is 264 g/mol. The molecule has 3 nitrogen and oxygen atoms in total. The summed E-state index contributed by atoms with van der Waals surface area (Å²) < 4.78 is 0. The number of thioether (sulfide) groups is 1. The fourth-order valence-electron chi connectivity index (χ4n) is 2.15. The topological polar surface area (TPSA) is 41.1 Å². The van der Waals surface area contributed by atoms with Gasteiger partial charge in [-0.25, -0.2) is 0 Å². The van der Waals surface area contributed by atoms with E-state index in [-0.39, 0.29) is 5.91 Å². The van der Waals surface area contributed by atoms with Crippen LogP contribution < -0.4 is 10.6 Å². The molecule has 1 aromatic carbocycles. The zero-order valence-electron chi connectivity index (χ0n) is 11.0. The Hall–Kier alpha value is -1.000. The van der Waals surface area contributed by atoms with Crippen LogP contribution in [0.1, 0.15) is 17.5 Å². The molecule has 0 radical (unpaired) electrons. The lowest BCUT2D eigenvalue weighted by molar-refractivity contribution is -0.113. The van der Waals surface area contributed by atoms with E-state index in [9.17, 15) is 4.79 Å². The first-order chi connectivity index (χ1) is 8.66. The van der Waals surface area contributed by atoms with Crippen molar-refractivity contribution in [2.24, 2.45) is 0 Å². The number of benzene rings is 1. The molecule has 0 saturated carbocycles. The molecule has 1 unspecified atom stereocenters. The van der Waals surface area contributed by atoms with Crippen LogP contribution in [0.3, 0.4) is 0 Å². The van der Waals surface area contributed by atoms with E-state index in [0.29, 0.717) is 11.0 Å². The first kappa shape index (κ1) is 13.4. The van der Waals surface area contributed by atoms with Gasteiger partial charge in [0.2, 0.25) is 5.91 Å². The lowest BCUT2D eigenvalue weighted by Crippen LogP contribution is -2.18. The molecule has 1 aliphatic rings. The number of hydrogen-bond donors (Lipinski definition) is 2. The largest absolute Gasteiger partial charge is 0.325 e. The molecule has 18 heavy (non-hydrogen) atoms. The van der Waals surface area contributed by atoms with E-state index in [1.165, 1.54) is 6.42 Å². The molecule has 1 saturated heterocycles. The molecule has 1 atom stereocenters. The van der Waals surface area contributed by atoms with Gasteiger partial charge in [0, 0.05) is 17.5 Å². The van der Waals surface area contributed by atoms with E-state index in [2.05, 4.69) is 10.6 Å². The summed E-state index contributed by atoms with van der Waals surface area (Å²) in [6, 6.07) is 6.06. The van der Waals surface area contributed by atoms with Crippen LogP contribution in [0.25, 0.3) is 0 Å². The zero-order chi connectivity index (χ0) is 13.0. The van der Waals surface area contributed by atoms with E-state index in [1.54, 1.807) is 11.8 Å². The molecule has 1 fully saturated rings. The van der Waals surface area contributed by atoms with E-state index in [4.69, 9.17) is 0 Å². The highest BCUT2D eigenvalue weighted by Crippen LogP contribution is 2.21. The molecule has 1 amide bonds. The van der Waals surface area contributed by atoms with Gasteiger partial charge >= 0.3 is 0 Å². The number of carbonyl (C=O) groups is 1. The molecule has 1 aromatic rings. The summed E-state index contributed by atoms with van der Waals surface area (Å²) in [4.78, 5) is 11.9. The van der Waals surface area contributed by atoms with Crippen molar-refractivity contribution < 1.29 is 4.79 Å². The fraction of sp³-hybridized carbons (Fsp3) is 0.500. The second kappa shape index (κ2) is 6.25. The van der Waals surface area contributed by atoms with Gasteiger partial charge < -0.3 is 10.6 Å². The summed E-state index contributed by atoms with van der Waals surface area (Å²) >= 11 is 1.75. The normalized spacial score (nSPS) is 18.9. The Kier molecular flexibility index (Phi) is 4.66. The Labute approximate surface area is 113 Å². The minimum absolute atomic E-state index is 0.101. The molecule has 98 valence electrons. The van der Waals surface area contributed by atoms with Crippen LogP contribution in [-0.2, 0) is 4.79 Å². The van der Waals surface area contributed by atoms with Gasteiger partial charge in [0.05, 0.1) is 5.75 Å². The highest BCUT2D eigenvalue weighted by atomic mass is 32.2. The Morgan fingerprint density at radius 1 is 1.44 bits per heavy atom.